The summed E-state index contributed by atoms with van der Waals surface area (Å²) < 4.78 is 0. The zero-order chi connectivity index (χ0) is 23.8. The van der Waals surface area contributed by atoms with Gasteiger partial charge in [-0.1, -0.05) is 6.42 Å². The maximum Gasteiger partial charge on any atom is 0.227 e. The normalized spacial score (nSPS) is 26.3. The molecule has 2 aliphatic carbocycles. The lowest BCUT2D eigenvalue weighted by Crippen LogP contribution is -2.46. The Labute approximate surface area is 208 Å². The number of anilines is 4. The Morgan fingerprint density at radius 3 is 2.57 bits per heavy atom. The Morgan fingerprint density at radius 1 is 1.03 bits per heavy atom. The molecule has 2 aromatic rings. The molecule has 1 amide bonds. The number of nitrogens with one attached hydrogen (secondary N) is 1. The number of hydrogen-bond donors (Lipinski definition) is 2. The molecule has 3 unspecified atom stereocenters. The summed E-state index contributed by atoms with van der Waals surface area (Å²) in [5.74, 6) is 3.33. The van der Waals surface area contributed by atoms with E-state index in [1.807, 2.05) is 6.20 Å². The molecule has 2 bridgehead atoms. The summed E-state index contributed by atoms with van der Waals surface area (Å²) in [5, 5.41) is 12.6. The van der Waals surface area contributed by atoms with Crippen LogP contribution in [0.3, 0.4) is 0 Å². The summed E-state index contributed by atoms with van der Waals surface area (Å²) in [5.41, 5.74) is 4.57. The van der Waals surface area contributed by atoms with Gasteiger partial charge in [-0.15, -0.1) is 0 Å². The number of aliphatic hydroxyl groups excluding tert-OH is 1. The highest BCUT2D eigenvalue weighted by Gasteiger charge is 2.45. The predicted octanol–water partition coefficient (Wildman–Crippen LogP) is 5.28. The van der Waals surface area contributed by atoms with Crippen LogP contribution in [-0.4, -0.2) is 41.7 Å². The number of aliphatic hydroxyl groups is 1. The molecule has 2 aliphatic heterocycles. The van der Waals surface area contributed by atoms with Crippen molar-refractivity contribution in [2.45, 2.75) is 70.3 Å². The highest BCUT2D eigenvalue weighted by molar-refractivity contribution is 5.97. The number of fused-ring (bicyclic) bond motifs is 3. The van der Waals surface area contributed by atoms with E-state index in [4.69, 9.17) is 5.11 Å². The van der Waals surface area contributed by atoms with Gasteiger partial charge in [0, 0.05) is 55.8 Å². The van der Waals surface area contributed by atoms with E-state index in [1.54, 1.807) is 0 Å². The molecule has 0 radical (unpaired) electrons. The number of piperidine rings is 1. The number of carbonyl (C=O) groups excluding carboxylic acids is 1. The van der Waals surface area contributed by atoms with E-state index in [0.717, 1.165) is 61.4 Å². The number of nitrogens with zero attached hydrogens (tertiary/aromatic N) is 3. The third kappa shape index (κ3) is 4.65. The first-order chi connectivity index (χ1) is 17.2. The number of benzene rings is 1. The smallest absolute Gasteiger partial charge is 0.227 e. The summed E-state index contributed by atoms with van der Waals surface area (Å²) >= 11 is 0. The quantitative estimate of drug-likeness (QED) is 0.571. The molecule has 1 saturated heterocycles. The summed E-state index contributed by atoms with van der Waals surface area (Å²) in [4.78, 5) is 22.3. The first-order valence-electron chi connectivity index (χ1n) is 13.7. The number of amides is 1. The van der Waals surface area contributed by atoms with Crippen molar-refractivity contribution in [2.75, 3.05) is 34.8 Å². The van der Waals surface area contributed by atoms with Crippen molar-refractivity contribution < 1.29 is 9.90 Å². The molecule has 2 N–H and O–H groups in total. The van der Waals surface area contributed by atoms with Crippen molar-refractivity contribution in [1.29, 1.82) is 0 Å². The summed E-state index contributed by atoms with van der Waals surface area (Å²) in [6.07, 6.45) is 12.9. The lowest BCUT2D eigenvalue weighted by Gasteiger charge is -2.38. The Hall–Kier alpha value is -2.60. The Bertz CT molecular complexity index is 1050. The van der Waals surface area contributed by atoms with Crippen molar-refractivity contribution in [1.82, 2.24) is 4.98 Å². The SMILES string of the molecule is O=C1CCc2cnc(Nc3ccc(N4CCC(CCCO)CC4)cc3)cc2N1C1CC2CCC1C2. The van der Waals surface area contributed by atoms with Gasteiger partial charge in [-0.25, -0.2) is 4.98 Å². The monoisotopic (exact) mass is 474 g/mol. The van der Waals surface area contributed by atoms with E-state index in [-0.39, 0.29) is 5.91 Å². The number of pyridine rings is 1. The second-order valence-electron chi connectivity index (χ2n) is 11.2. The minimum absolute atomic E-state index is 0.289. The van der Waals surface area contributed by atoms with Gasteiger partial charge in [0.25, 0.3) is 0 Å². The number of carbonyl (C=O) groups is 1. The van der Waals surface area contributed by atoms with Gasteiger partial charge in [0.2, 0.25) is 5.91 Å². The molecule has 6 rings (SSSR count). The molecule has 2 saturated carbocycles. The molecular formula is C29H38N4O2. The van der Waals surface area contributed by atoms with Gasteiger partial charge in [0.05, 0.1) is 5.69 Å². The summed E-state index contributed by atoms with van der Waals surface area (Å²) in [6.45, 7) is 2.48. The van der Waals surface area contributed by atoms with Crippen LogP contribution < -0.4 is 15.1 Å². The molecule has 35 heavy (non-hydrogen) atoms. The second-order valence-corrected chi connectivity index (χ2v) is 11.2. The highest BCUT2D eigenvalue weighted by Crippen LogP contribution is 2.49. The van der Waals surface area contributed by atoms with Gasteiger partial charge >= 0.3 is 0 Å². The zero-order valence-corrected chi connectivity index (χ0v) is 20.7. The van der Waals surface area contributed by atoms with E-state index in [1.165, 1.54) is 49.8 Å². The fourth-order valence-corrected chi connectivity index (χ4v) is 7.11. The standard InChI is InChI=1S/C29H38N4O2/c34-15-1-2-20-11-13-32(14-12-20)25-8-6-24(7-9-25)31-28-18-27-23(19-30-28)5-10-29(35)33(27)26-17-21-3-4-22(26)16-21/h6-9,18-22,26,34H,1-5,10-17H2,(H,30,31). The van der Waals surface area contributed by atoms with Crippen molar-refractivity contribution in [3.63, 3.8) is 0 Å². The van der Waals surface area contributed by atoms with Gasteiger partial charge in [0.15, 0.2) is 0 Å². The first kappa shape index (κ1) is 22.8. The van der Waals surface area contributed by atoms with Gasteiger partial charge < -0.3 is 20.2 Å². The number of aromatic nitrogens is 1. The third-order valence-corrected chi connectivity index (χ3v) is 9.02. The van der Waals surface area contributed by atoms with Crippen LogP contribution in [0, 0.1) is 17.8 Å². The van der Waals surface area contributed by atoms with E-state index >= 15 is 0 Å². The molecule has 1 aromatic heterocycles. The minimum atomic E-state index is 0.289. The molecule has 0 spiro atoms. The zero-order valence-electron chi connectivity index (χ0n) is 20.7. The molecule has 186 valence electrons. The maximum atomic E-state index is 13.0. The second kappa shape index (κ2) is 9.81. The highest BCUT2D eigenvalue weighted by atomic mass is 16.3. The van der Waals surface area contributed by atoms with Crippen molar-refractivity contribution in [3.8, 4) is 0 Å². The lowest BCUT2D eigenvalue weighted by molar-refractivity contribution is -0.119. The summed E-state index contributed by atoms with van der Waals surface area (Å²) in [6, 6.07) is 11.1. The number of hydrogen-bond acceptors (Lipinski definition) is 5. The largest absolute Gasteiger partial charge is 0.396 e. The lowest BCUT2D eigenvalue weighted by atomic mass is 9.91. The van der Waals surface area contributed by atoms with Crippen molar-refractivity contribution >= 4 is 28.8 Å². The van der Waals surface area contributed by atoms with Crippen LogP contribution in [0.15, 0.2) is 36.5 Å². The van der Waals surface area contributed by atoms with Crippen LogP contribution in [0.5, 0.6) is 0 Å². The summed E-state index contributed by atoms with van der Waals surface area (Å²) in [7, 11) is 0. The average Bonchev–Trinajstić information content (AvgIpc) is 3.52. The molecule has 6 nitrogen and oxygen atoms in total. The molecule has 6 heteroatoms. The predicted molar refractivity (Wildman–Crippen MR) is 140 cm³/mol. The van der Waals surface area contributed by atoms with Gasteiger partial charge in [0.1, 0.15) is 5.82 Å². The van der Waals surface area contributed by atoms with Gasteiger partial charge in [-0.05, 0) is 98.9 Å². The topological polar surface area (TPSA) is 68.7 Å². The fraction of sp³-hybridized carbons (Fsp3) is 0.586. The van der Waals surface area contributed by atoms with E-state index in [0.29, 0.717) is 25.0 Å². The van der Waals surface area contributed by atoms with Gasteiger partial charge in [-0.3, -0.25) is 4.79 Å². The Balaban J connectivity index is 1.13. The van der Waals surface area contributed by atoms with E-state index in [2.05, 4.69) is 50.4 Å². The molecule has 1 aromatic carbocycles. The molecule has 4 aliphatic rings. The van der Waals surface area contributed by atoms with Crippen LogP contribution in [0.2, 0.25) is 0 Å². The van der Waals surface area contributed by atoms with Crippen molar-refractivity contribution in [2.24, 2.45) is 17.8 Å². The molecule has 3 heterocycles. The number of aryl methyl sites for hydroxylation is 1. The average molecular weight is 475 g/mol. The first-order valence-corrected chi connectivity index (χ1v) is 13.7. The van der Waals surface area contributed by atoms with Crippen LogP contribution >= 0.6 is 0 Å². The molecular weight excluding hydrogens is 436 g/mol. The van der Waals surface area contributed by atoms with Crippen LogP contribution in [-0.2, 0) is 11.2 Å². The maximum absolute atomic E-state index is 13.0. The molecule has 3 fully saturated rings. The molecule has 3 atom stereocenters. The van der Waals surface area contributed by atoms with Crippen LogP contribution in [0.4, 0.5) is 22.9 Å². The Kier molecular flexibility index (Phi) is 6.40. The fourth-order valence-electron chi connectivity index (χ4n) is 7.11. The van der Waals surface area contributed by atoms with E-state index in [9.17, 15) is 4.79 Å². The number of rotatable bonds is 7. The third-order valence-electron chi connectivity index (χ3n) is 9.02. The van der Waals surface area contributed by atoms with Gasteiger partial charge in [-0.2, -0.15) is 0 Å². The van der Waals surface area contributed by atoms with E-state index < -0.39 is 0 Å². The van der Waals surface area contributed by atoms with Crippen LogP contribution in [0.1, 0.15) is 63.4 Å². The minimum Gasteiger partial charge on any atom is -0.396 e. The van der Waals surface area contributed by atoms with Crippen molar-refractivity contribution in [3.05, 3.63) is 42.1 Å². The van der Waals surface area contributed by atoms with Crippen LogP contribution in [0.25, 0.3) is 0 Å². The Morgan fingerprint density at radius 2 is 1.86 bits per heavy atom.